The molecule has 10 heteroatoms. The lowest BCUT2D eigenvalue weighted by atomic mass is 10.1. The van der Waals surface area contributed by atoms with E-state index in [-0.39, 0.29) is 67.9 Å². The van der Waals surface area contributed by atoms with E-state index in [1.807, 2.05) is 0 Å². The van der Waals surface area contributed by atoms with Crippen molar-refractivity contribution in [1.82, 2.24) is 9.97 Å². The van der Waals surface area contributed by atoms with E-state index >= 15 is 0 Å². The van der Waals surface area contributed by atoms with E-state index in [1.54, 1.807) is 0 Å². The molecule has 33 heavy (non-hydrogen) atoms. The van der Waals surface area contributed by atoms with E-state index in [9.17, 15) is 0 Å². The average molecular weight is 716 g/mol. The second-order valence-electron chi connectivity index (χ2n) is 8.17. The second kappa shape index (κ2) is 18.1. The SMILES string of the molecule is [Br-].[Br-].[Br-].[Br-].c1cc2ccc3ccc4nc3c2nc1C[NH2+]CCC[NH2+]CCC[NH2+]CCC[NH2+]C4. The molecule has 2 aromatic heterocycles. The van der Waals surface area contributed by atoms with Crippen LogP contribution in [0, 0.1) is 0 Å². The van der Waals surface area contributed by atoms with E-state index in [0.29, 0.717) is 0 Å². The van der Waals surface area contributed by atoms with Gasteiger partial charge in [-0.1, -0.05) is 24.3 Å². The van der Waals surface area contributed by atoms with Crippen LogP contribution in [-0.2, 0) is 13.1 Å². The summed E-state index contributed by atoms with van der Waals surface area (Å²) in [6, 6.07) is 13.1. The minimum absolute atomic E-state index is 0. The summed E-state index contributed by atoms with van der Waals surface area (Å²) in [6.45, 7) is 9.18. The van der Waals surface area contributed by atoms with Crippen LogP contribution in [0.2, 0.25) is 0 Å². The Hall–Kier alpha value is -0.200. The lowest BCUT2D eigenvalue weighted by Gasteiger charge is -2.07. The first kappa shape index (κ1) is 32.8. The molecule has 6 nitrogen and oxygen atoms in total. The molecular weight excluding hydrogens is 680 g/mol. The summed E-state index contributed by atoms with van der Waals surface area (Å²) in [5, 5.41) is 12.1. The minimum atomic E-state index is 0. The molecule has 1 aliphatic rings. The maximum atomic E-state index is 4.99. The van der Waals surface area contributed by atoms with Gasteiger partial charge in [-0.25, -0.2) is 9.97 Å². The van der Waals surface area contributed by atoms with E-state index in [0.717, 1.165) is 48.6 Å². The molecule has 4 bridgehead atoms. The highest BCUT2D eigenvalue weighted by Gasteiger charge is 2.08. The Morgan fingerprint density at radius 2 is 0.788 bits per heavy atom. The molecular formula is C23H36Br4N6. The fraction of sp³-hybridized carbons (Fsp3) is 0.478. The Labute approximate surface area is 238 Å². The Kier molecular flexibility index (Phi) is 18.0. The maximum Gasteiger partial charge on any atom is 0.118 e. The smallest absolute Gasteiger partial charge is 0.118 e. The van der Waals surface area contributed by atoms with Crippen molar-refractivity contribution in [3.05, 3.63) is 47.8 Å². The van der Waals surface area contributed by atoms with Crippen molar-refractivity contribution in [2.75, 3.05) is 39.3 Å². The van der Waals surface area contributed by atoms with Crippen LogP contribution in [0.5, 0.6) is 0 Å². The predicted octanol–water partition coefficient (Wildman–Crippen LogP) is -13.8. The van der Waals surface area contributed by atoms with Gasteiger partial charge in [0.1, 0.15) is 13.1 Å². The molecule has 0 saturated carbocycles. The number of pyridine rings is 2. The van der Waals surface area contributed by atoms with Crippen LogP contribution in [0.4, 0.5) is 0 Å². The fourth-order valence-corrected chi connectivity index (χ4v) is 4.08. The van der Waals surface area contributed by atoms with Crippen LogP contribution >= 0.6 is 0 Å². The molecule has 0 atom stereocenters. The number of halogens is 4. The molecule has 0 radical (unpaired) electrons. The molecule has 1 aromatic carbocycles. The van der Waals surface area contributed by atoms with Crippen LogP contribution in [0.1, 0.15) is 30.7 Å². The Balaban J connectivity index is 0.00000256. The van der Waals surface area contributed by atoms with Crippen LogP contribution in [0.3, 0.4) is 0 Å². The summed E-state index contributed by atoms with van der Waals surface area (Å²) < 4.78 is 0. The van der Waals surface area contributed by atoms with Crippen molar-refractivity contribution < 1.29 is 89.2 Å². The second-order valence-corrected chi connectivity index (χ2v) is 8.17. The van der Waals surface area contributed by atoms with Gasteiger partial charge in [0.2, 0.25) is 0 Å². The Morgan fingerprint density at radius 3 is 1.18 bits per heavy atom. The first-order chi connectivity index (χ1) is 14.4. The molecule has 3 aromatic rings. The molecule has 4 rings (SSSR count). The lowest BCUT2D eigenvalue weighted by molar-refractivity contribution is -0.700. The predicted molar refractivity (Wildman–Crippen MR) is 115 cm³/mol. The van der Waals surface area contributed by atoms with E-state index in [2.05, 4.69) is 57.7 Å². The third-order valence-electron chi connectivity index (χ3n) is 5.79. The van der Waals surface area contributed by atoms with Crippen molar-refractivity contribution in [1.29, 1.82) is 0 Å². The minimum Gasteiger partial charge on any atom is -1.00 e. The quantitative estimate of drug-likeness (QED) is 0.174. The van der Waals surface area contributed by atoms with Gasteiger partial charge >= 0.3 is 0 Å². The number of hydrogen-bond donors (Lipinski definition) is 4. The standard InChI is InChI=1S/C23H32N6.4BrH/c1-10-24-12-2-14-26-16-20-8-6-18-4-5-19-7-9-21(29-23(19)22(18)28-20)17-27-15-3-13-25-11-1;;;;/h4-9,24-27H,1-3,10-17H2;4*1H. The van der Waals surface area contributed by atoms with Crippen molar-refractivity contribution in [3.63, 3.8) is 0 Å². The zero-order chi connectivity index (χ0) is 19.7. The monoisotopic (exact) mass is 712 g/mol. The van der Waals surface area contributed by atoms with Gasteiger partial charge in [0.25, 0.3) is 0 Å². The zero-order valence-corrected chi connectivity index (χ0v) is 25.3. The lowest BCUT2D eigenvalue weighted by Crippen LogP contribution is -3.00. The van der Waals surface area contributed by atoms with Crippen molar-refractivity contribution in [3.8, 4) is 0 Å². The summed E-state index contributed by atoms with van der Waals surface area (Å²) >= 11 is 0. The molecule has 0 fully saturated rings. The summed E-state index contributed by atoms with van der Waals surface area (Å²) in [5.74, 6) is 0. The molecule has 0 amide bonds. The first-order valence-corrected chi connectivity index (χ1v) is 11.3. The summed E-state index contributed by atoms with van der Waals surface area (Å²) in [4.78, 5) is 9.99. The van der Waals surface area contributed by atoms with Gasteiger partial charge in [-0.3, -0.25) is 0 Å². The number of aromatic nitrogens is 2. The van der Waals surface area contributed by atoms with Gasteiger partial charge in [-0.2, -0.15) is 0 Å². The van der Waals surface area contributed by atoms with Crippen molar-refractivity contribution in [2.24, 2.45) is 0 Å². The number of benzene rings is 1. The number of rotatable bonds is 0. The van der Waals surface area contributed by atoms with Gasteiger partial charge in [-0.15, -0.1) is 0 Å². The highest BCUT2D eigenvalue weighted by atomic mass is 79.9. The van der Waals surface area contributed by atoms with Crippen LogP contribution in [-0.4, -0.2) is 49.2 Å². The normalized spacial score (nSPS) is 16.1. The van der Waals surface area contributed by atoms with Gasteiger partial charge in [0.15, 0.2) is 0 Å². The molecule has 0 spiro atoms. The van der Waals surface area contributed by atoms with E-state index < -0.39 is 0 Å². The molecule has 0 saturated heterocycles. The molecule has 186 valence electrons. The molecule has 0 unspecified atom stereocenters. The van der Waals surface area contributed by atoms with Crippen molar-refractivity contribution >= 4 is 21.8 Å². The van der Waals surface area contributed by atoms with Gasteiger partial charge < -0.3 is 89.2 Å². The Bertz CT molecular complexity index is 869. The van der Waals surface area contributed by atoms with Crippen LogP contribution < -0.4 is 89.2 Å². The first-order valence-electron chi connectivity index (χ1n) is 11.3. The largest absolute Gasteiger partial charge is 1.00 e. The number of nitrogens with zero attached hydrogens (tertiary/aromatic N) is 2. The highest BCUT2D eigenvalue weighted by Crippen LogP contribution is 2.22. The average Bonchev–Trinajstić information content (AvgIpc) is 2.75. The number of quaternary nitrogens is 4. The molecule has 0 aliphatic carbocycles. The van der Waals surface area contributed by atoms with Gasteiger partial charge in [0.05, 0.1) is 61.7 Å². The molecule has 8 N–H and O–H groups in total. The van der Waals surface area contributed by atoms with E-state index in [4.69, 9.17) is 9.97 Å². The van der Waals surface area contributed by atoms with Gasteiger partial charge in [-0.05, 0) is 12.1 Å². The maximum absolute atomic E-state index is 4.99. The molecule has 1 aliphatic heterocycles. The van der Waals surface area contributed by atoms with Crippen LogP contribution in [0.15, 0.2) is 36.4 Å². The van der Waals surface area contributed by atoms with E-state index in [1.165, 1.54) is 56.2 Å². The topological polar surface area (TPSA) is 92.2 Å². The number of fused-ring (bicyclic) bond motifs is 2. The Morgan fingerprint density at radius 1 is 0.455 bits per heavy atom. The summed E-state index contributed by atoms with van der Waals surface area (Å²) in [6.07, 6.45) is 3.81. The summed E-state index contributed by atoms with van der Waals surface area (Å²) in [5.41, 5.74) is 4.39. The van der Waals surface area contributed by atoms with Gasteiger partial charge in [0, 0.05) is 30.0 Å². The van der Waals surface area contributed by atoms with Crippen molar-refractivity contribution in [2.45, 2.75) is 32.4 Å². The summed E-state index contributed by atoms with van der Waals surface area (Å²) in [7, 11) is 0. The fourth-order valence-electron chi connectivity index (χ4n) is 4.08. The molecule has 3 heterocycles. The third kappa shape index (κ3) is 10.1. The number of nitrogens with two attached hydrogens (primary N) is 4. The van der Waals surface area contributed by atoms with Crippen LogP contribution in [0.25, 0.3) is 21.8 Å². The number of hydrogen-bond acceptors (Lipinski definition) is 2. The third-order valence-corrected chi connectivity index (χ3v) is 5.79. The zero-order valence-electron chi connectivity index (χ0n) is 19.0. The highest BCUT2D eigenvalue weighted by molar-refractivity contribution is 6.02.